The van der Waals surface area contributed by atoms with Gasteiger partial charge in [0.1, 0.15) is 0 Å². The molecule has 1 atom stereocenters. The van der Waals surface area contributed by atoms with Gasteiger partial charge in [-0.3, -0.25) is 0 Å². The van der Waals surface area contributed by atoms with E-state index >= 15 is 0 Å². The number of aromatic nitrogens is 2. The van der Waals surface area contributed by atoms with Crippen molar-refractivity contribution in [2.75, 3.05) is 19.8 Å². The number of aryl methyl sites for hydroxylation is 1. The fourth-order valence-corrected chi connectivity index (χ4v) is 2.96. The zero-order chi connectivity index (χ0) is 16.9. The largest absolute Gasteiger partial charge is 0.381 e. The molecule has 1 aromatic carbocycles. The number of nitrogens with zero attached hydrogens (tertiary/aromatic N) is 2. The van der Waals surface area contributed by atoms with Gasteiger partial charge >= 0.3 is 6.03 Å². The summed E-state index contributed by atoms with van der Waals surface area (Å²) in [6.45, 7) is 6.66. The Morgan fingerprint density at radius 2 is 2.08 bits per heavy atom. The van der Waals surface area contributed by atoms with Crippen LogP contribution >= 0.6 is 0 Å². The smallest absolute Gasteiger partial charge is 0.315 e. The van der Waals surface area contributed by atoms with Gasteiger partial charge in [0, 0.05) is 36.9 Å². The number of hydrogen-bond acceptors (Lipinski definition) is 3. The average Bonchev–Trinajstić information content (AvgIpc) is 3.21. The first-order valence-electron chi connectivity index (χ1n) is 8.35. The standard InChI is InChI=1S/C18H24N4O2/c1-13-17(11-20-18(23)19-10-15-8-9-24-12-15)14(2)22(21-13)16-6-4-3-5-7-16/h3-7,15H,8-12H2,1-2H3,(H2,19,20,23)/t15-/m1/s1. The summed E-state index contributed by atoms with van der Waals surface area (Å²) >= 11 is 0. The molecule has 1 aromatic heterocycles. The van der Waals surface area contributed by atoms with Crippen LogP contribution in [0.3, 0.4) is 0 Å². The summed E-state index contributed by atoms with van der Waals surface area (Å²) in [7, 11) is 0. The third-order valence-electron chi connectivity index (χ3n) is 4.44. The summed E-state index contributed by atoms with van der Waals surface area (Å²) in [6.07, 6.45) is 1.02. The molecule has 0 unspecified atom stereocenters. The van der Waals surface area contributed by atoms with Crippen molar-refractivity contribution in [2.24, 2.45) is 5.92 Å². The topological polar surface area (TPSA) is 68.2 Å². The Morgan fingerprint density at radius 1 is 1.29 bits per heavy atom. The van der Waals surface area contributed by atoms with Crippen LogP contribution in [-0.2, 0) is 11.3 Å². The number of rotatable bonds is 5. The highest BCUT2D eigenvalue weighted by molar-refractivity contribution is 5.73. The second-order valence-electron chi connectivity index (χ2n) is 6.19. The van der Waals surface area contributed by atoms with Crippen LogP contribution in [0.4, 0.5) is 4.79 Å². The van der Waals surface area contributed by atoms with Crippen molar-refractivity contribution in [3.8, 4) is 5.69 Å². The summed E-state index contributed by atoms with van der Waals surface area (Å²) in [6, 6.07) is 9.86. The molecule has 2 N–H and O–H groups in total. The van der Waals surface area contributed by atoms with Crippen molar-refractivity contribution >= 4 is 6.03 Å². The van der Waals surface area contributed by atoms with Gasteiger partial charge < -0.3 is 15.4 Å². The lowest BCUT2D eigenvalue weighted by Crippen LogP contribution is -2.38. The first-order chi connectivity index (χ1) is 11.6. The van der Waals surface area contributed by atoms with E-state index in [9.17, 15) is 4.79 Å². The first kappa shape index (κ1) is 16.5. The summed E-state index contributed by atoms with van der Waals surface area (Å²) in [5.41, 5.74) is 4.05. The van der Waals surface area contributed by atoms with E-state index in [1.807, 2.05) is 48.9 Å². The van der Waals surface area contributed by atoms with Crippen molar-refractivity contribution < 1.29 is 9.53 Å². The first-order valence-corrected chi connectivity index (χ1v) is 8.35. The Hall–Kier alpha value is -2.34. The Labute approximate surface area is 142 Å². The number of benzene rings is 1. The van der Waals surface area contributed by atoms with Gasteiger partial charge in [0.05, 0.1) is 18.0 Å². The Balaban J connectivity index is 1.59. The number of urea groups is 1. The van der Waals surface area contributed by atoms with Crippen LogP contribution < -0.4 is 10.6 Å². The van der Waals surface area contributed by atoms with E-state index < -0.39 is 0 Å². The summed E-state index contributed by atoms with van der Waals surface area (Å²) < 4.78 is 7.23. The SMILES string of the molecule is Cc1nn(-c2ccccc2)c(C)c1CNC(=O)NC[C@H]1CCOC1. The molecule has 24 heavy (non-hydrogen) atoms. The average molecular weight is 328 g/mol. The van der Waals surface area contributed by atoms with E-state index in [4.69, 9.17) is 4.74 Å². The van der Waals surface area contributed by atoms with Crippen LogP contribution in [0.1, 0.15) is 23.4 Å². The number of ether oxygens (including phenoxy) is 1. The molecule has 1 saturated heterocycles. The molecule has 2 heterocycles. The zero-order valence-corrected chi connectivity index (χ0v) is 14.2. The van der Waals surface area contributed by atoms with Gasteiger partial charge in [-0.2, -0.15) is 5.10 Å². The van der Waals surface area contributed by atoms with Crippen molar-refractivity contribution in [1.29, 1.82) is 0 Å². The third-order valence-corrected chi connectivity index (χ3v) is 4.44. The number of para-hydroxylation sites is 1. The lowest BCUT2D eigenvalue weighted by Gasteiger charge is -2.11. The maximum absolute atomic E-state index is 12.0. The third kappa shape index (κ3) is 3.76. The molecule has 6 nitrogen and oxygen atoms in total. The molecule has 0 radical (unpaired) electrons. The van der Waals surface area contributed by atoms with Gasteiger partial charge in [0.2, 0.25) is 0 Å². The molecule has 0 saturated carbocycles. The van der Waals surface area contributed by atoms with Crippen molar-refractivity contribution in [3.63, 3.8) is 0 Å². The molecule has 2 aromatic rings. The second-order valence-corrected chi connectivity index (χ2v) is 6.19. The van der Waals surface area contributed by atoms with E-state index in [1.54, 1.807) is 0 Å². The molecule has 1 aliphatic rings. The molecule has 128 valence electrons. The van der Waals surface area contributed by atoms with Crippen LogP contribution in [0.25, 0.3) is 5.69 Å². The van der Waals surface area contributed by atoms with E-state index in [0.29, 0.717) is 19.0 Å². The van der Waals surface area contributed by atoms with Crippen molar-refractivity contribution in [1.82, 2.24) is 20.4 Å². The minimum absolute atomic E-state index is 0.145. The lowest BCUT2D eigenvalue weighted by molar-refractivity contribution is 0.185. The van der Waals surface area contributed by atoms with Crippen LogP contribution in [-0.4, -0.2) is 35.6 Å². The molecule has 0 aliphatic carbocycles. The molecule has 1 fully saturated rings. The Kier molecular flexibility index (Phi) is 5.15. The number of amides is 2. The maximum Gasteiger partial charge on any atom is 0.315 e. The van der Waals surface area contributed by atoms with Gasteiger partial charge in [-0.25, -0.2) is 9.48 Å². The van der Waals surface area contributed by atoms with Crippen molar-refractivity contribution in [3.05, 3.63) is 47.3 Å². The van der Waals surface area contributed by atoms with Crippen LogP contribution in [0.15, 0.2) is 30.3 Å². The normalized spacial score (nSPS) is 17.0. The van der Waals surface area contributed by atoms with Gasteiger partial charge in [-0.1, -0.05) is 18.2 Å². The predicted octanol–water partition coefficient (Wildman–Crippen LogP) is 2.32. The number of carbonyl (C=O) groups excluding carboxylic acids is 1. The van der Waals surface area contributed by atoms with Crippen molar-refractivity contribution in [2.45, 2.75) is 26.8 Å². The summed E-state index contributed by atoms with van der Waals surface area (Å²) in [4.78, 5) is 12.0. The van der Waals surface area contributed by atoms with E-state index in [2.05, 4.69) is 15.7 Å². The number of hydrogen-bond donors (Lipinski definition) is 2. The van der Waals surface area contributed by atoms with Crippen LogP contribution in [0.5, 0.6) is 0 Å². The van der Waals surface area contributed by atoms with Crippen LogP contribution in [0, 0.1) is 19.8 Å². The Morgan fingerprint density at radius 3 is 2.79 bits per heavy atom. The fraction of sp³-hybridized carbons (Fsp3) is 0.444. The lowest BCUT2D eigenvalue weighted by atomic mass is 10.1. The quantitative estimate of drug-likeness (QED) is 0.885. The molecule has 0 bridgehead atoms. The molecule has 0 spiro atoms. The fourth-order valence-electron chi connectivity index (χ4n) is 2.96. The van der Waals surface area contributed by atoms with E-state index in [1.165, 1.54) is 0 Å². The number of carbonyl (C=O) groups is 1. The van der Waals surface area contributed by atoms with Gasteiger partial charge in [-0.15, -0.1) is 0 Å². The molecule has 6 heteroatoms. The molecule has 1 aliphatic heterocycles. The monoisotopic (exact) mass is 328 g/mol. The minimum Gasteiger partial charge on any atom is -0.381 e. The maximum atomic E-state index is 12.0. The molecule has 2 amide bonds. The predicted molar refractivity (Wildman–Crippen MR) is 92.2 cm³/mol. The highest BCUT2D eigenvalue weighted by Crippen LogP contribution is 2.17. The zero-order valence-electron chi connectivity index (χ0n) is 14.2. The van der Waals surface area contributed by atoms with E-state index in [-0.39, 0.29) is 6.03 Å². The highest BCUT2D eigenvalue weighted by Gasteiger charge is 2.17. The van der Waals surface area contributed by atoms with Gasteiger partial charge in [0.15, 0.2) is 0 Å². The number of nitrogens with one attached hydrogen (secondary N) is 2. The highest BCUT2D eigenvalue weighted by atomic mass is 16.5. The van der Waals surface area contributed by atoms with Gasteiger partial charge in [0.25, 0.3) is 0 Å². The molecule has 3 rings (SSSR count). The van der Waals surface area contributed by atoms with Gasteiger partial charge in [-0.05, 0) is 32.4 Å². The molecular weight excluding hydrogens is 304 g/mol. The van der Waals surface area contributed by atoms with E-state index in [0.717, 1.165) is 42.3 Å². The van der Waals surface area contributed by atoms with Crippen LogP contribution in [0.2, 0.25) is 0 Å². The molecular formula is C18H24N4O2. The summed E-state index contributed by atoms with van der Waals surface area (Å²) in [5, 5.41) is 10.4. The second kappa shape index (κ2) is 7.49. The Bertz CT molecular complexity index is 691. The minimum atomic E-state index is -0.145. The summed E-state index contributed by atoms with van der Waals surface area (Å²) in [5.74, 6) is 0.431.